The highest BCUT2D eigenvalue weighted by Gasteiger charge is 2.21. The van der Waals surface area contributed by atoms with Gasteiger partial charge in [0.2, 0.25) is 0 Å². The van der Waals surface area contributed by atoms with Crippen LogP contribution in [0.2, 0.25) is 0 Å². The Morgan fingerprint density at radius 2 is 2.37 bits per heavy atom. The Labute approximate surface area is 114 Å². The third-order valence-corrected chi connectivity index (χ3v) is 3.52. The zero-order chi connectivity index (χ0) is 13.7. The molecule has 1 saturated heterocycles. The van der Waals surface area contributed by atoms with Crippen LogP contribution in [-0.4, -0.2) is 36.6 Å². The average Bonchev–Trinajstić information content (AvgIpc) is 2.48. The molecule has 1 aliphatic heterocycles. The van der Waals surface area contributed by atoms with Crippen molar-refractivity contribution in [3.8, 4) is 6.07 Å². The van der Waals surface area contributed by atoms with Crippen molar-refractivity contribution in [2.75, 3.05) is 36.5 Å². The Balaban J connectivity index is 2.12. The Morgan fingerprint density at radius 3 is 3.11 bits per heavy atom. The number of aromatic nitrogens is 2. The highest BCUT2D eigenvalue weighted by molar-refractivity contribution is 5.50. The zero-order valence-electron chi connectivity index (χ0n) is 11.7. The minimum Gasteiger partial charge on any atom is -0.360 e. The van der Waals surface area contributed by atoms with Crippen molar-refractivity contribution >= 4 is 11.6 Å². The van der Waals surface area contributed by atoms with Gasteiger partial charge in [-0.2, -0.15) is 5.26 Å². The predicted molar refractivity (Wildman–Crippen MR) is 76.1 cm³/mol. The van der Waals surface area contributed by atoms with Crippen LogP contribution >= 0.6 is 0 Å². The van der Waals surface area contributed by atoms with Crippen molar-refractivity contribution in [2.45, 2.75) is 26.2 Å². The molecule has 5 nitrogen and oxygen atoms in total. The lowest BCUT2D eigenvalue weighted by molar-refractivity contribution is 0.490. The summed E-state index contributed by atoms with van der Waals surface area (Å²) in [6.45, 7) is 4.90. The molecule has 0 amide bonds. The molecule has 0 radical (unpaired) electrons. The third kappa shape index (κ3) is 3.34. The number of hydrogen-bond donors (Lipinski definition) is 0. The van der Waals surface area contributed by atoms with E-state index in [0.717, 1.165) is 50.5 Å². The van der Waals surface area contributed by atoms with Crippen molar-refractivity contribution in [2.24, 2.45) is 5.92 Å². The lowest BCUT2D eigenvalue weighted by Crippen LogP contribution is -2.35. The Bertz CT molecular complexity index is 453. The van der Waals surface area contributed by atoms with E-state index in [0.29, 0.717) is 0 Å². The predicted octanol–water partition coefficient (Wildman–Crippen LogP) is 2.06. The van der Waals surface area contributed by atoms with Gasteiger partial charge in [0.05, 0.1) is 12.0 Å². The van der Waals surface area contributed by atoms with Gasteiger partial charge >= 0.3 is 0 Å². The zero-order valence-corrected chi connectivity index (χ0v) is 11.7. The van der Waals surface area contributed by atoms with E-state index < -0.39 is 0 Å². The van der Waals surface area contributed by atoms with Gasteiger partial charge in [-0.3, -0.25) is 0 Å². The highest BCUT2D eigenvalue weighted by Crippen LogP contribution is 2.23. The molecule has 0 aromatic carbocycles. The molecule has 0 bridgehead atoms. The quantitative estimate of drug-likeness (QED) is 0.828. The van der Waals surface area contributed by atoms with Crippen LogP contribution in [0.3, 0.4) is 0 Å². The normalized spacial score (nSPS) is 19.0. The maximum absolute atomic E-state index is 9.05. The number of rotatable bonds is 4. The van der Waals surface area contributed by atoms with Gasteiger partial charge in [0.25, 0.3) is 0 Å². The van der Waals surface area contributed by atoms with Gasteiger partial charge in [-0.15, -0.1) is 0 Å². The summed E-state index contributed by atoms with van der Waals surface area (Å²) in [4.78, 5) is 13.0. The first-order valence-corrected chi connectivity index (χ1v) is 6.92. The molecule has 1 unspecified atom stereocenters. The molecule has 1 aromatic heterocycles. The van der Waals surface area contributed by atoms with Crippen LogP contribution in [0.1, 0.15) is 26.2 Å². The van der Waals surface area contributed by atoms with Crippen LogP contribution in [0.15, 0.2) is 12.4 Å². The van der Waals surface area contributed by atoms with Gasteiger partial charge in [0.1, 0.15) is 18.0 Å². The van der Waals surface area contributed by atoms with Gasteiger partial charge in [-0.05, 0) is 19.3 Å². The van der Waals surface area contributed by atoms with E-state index in [4.69, 9.17) is 5.26 Å². The summed E-state index contributed by atoms with van der Waals surface area (Å²) < 4.78 is 0. The van der Waals surface area contributed by atoms with Crippen molar-refractivity contribution in [3.63, 3.8) is 0 Å². The van der Waals surface area contributed by atoms with Crippen molar-refractivity contribution in [1.29, 1.82) is 5.26 Å². The molecule has 1 aliphatic rings. The van der Waals surface area contributed by atoms with E-state index in [1.165, 1.54) is 0 Å². The van der Waals surface area contributed by atoms with Gasteiger partial charge < -0.3 is 9.80 Å². The van der Waals surface area contributed by atoms with Crippen molar-refractivity contribution in [3.05, 3.63) is 12.4 Å². The SMILES string of the molecule is CCCN(C)c1cc(N2CCCC(C#N)C2)ncn1. The smallest absolute Gasteiger partial charge is 0.134 e. The van der Waals surface area contributed by atoms with Gasteiger partial charge in [-0.1, -0.05) is 6.92 Å². The Morgan fingerprint density at radius 1 is 1.53 bits per heavy atom. The molecule has 0 aliphatic carbocycles. The number of hydrogen-bond acceptors (Lipinski definition) is 5. The molecule has 5 heteroatoms. The fraction of sp³-hybridized carbons (Fsp3) is 0.643. The van der Waals surface area contributed by atoms with Gasteiger partial charge in [0.15, 0.2) is 0 Å². The first-order valence-electron chi connectivity index (χ1n) is 6.92. The summed E-state index contributed by atoms with van der Waals surface area (Å²) in [6.07, 6.45) is 4.77. The Hall–Kier alpha value is -1.83. The molecule has 2 rings (SSSR count). The van der Waals surface area contributed by atoms with Gasteiger partial charge in [0, 0.05) is 32.7 Å². The second kappa shape index (κ2) is 6.37. The molecule has 2 heterocycles. The monoisotopic (exact) mass is 259 g/mol. The molecule has 19 heavy (non-hydrogen) atoms. The fourth-order valence-electron chi connectivity index (χ4n) is 2.46. The van der Waals surface area contributed by atoms with E-state index in [1.807, 2.05) is 13.1 Å². The third-order valence-electron chi connectivity index (χ3n) is 3.52. The summed E-state index contributed by atoms with van der Waals surface area (Å²) in [6, 6.07) is 4.39. The van der Waals surface area contributed by atoms with Crippen LogP contribution in [0, 0.1) is 17.2 Å². The standard InChI is InChI=1S/C14H21N5/c1-3-6-18(2)13-8-14(17-11-16-13)19-7-4-5-12(9-15)10-19/h8,11-12H,3-7,10H2,1-2H3. The molecule has 0 N–H and O–H groups in total. The van der Waals surface area contributed by atoms with Crippen LogP contribution < -0.4 is 9.80 Å². The minimum absolute atomic E-state index is 0.125. The van der Waals surface area contributed by atoms with E-state index in [1.54, 1.807) is 6.33 Å². The minimum atomic E-state index is 0.125. The maximum atomic E-state index is 9.05. The first-order chi connectivity index (χ1) is 9.24. The second-order valence-corrected chi connectivity index (χ2v) is 5.07. The molecule has 1 aromatic rings. The van der Waals surface area contributed by atoms with E-state index in [2.05, 4.69) is 32.8 Å². The molecule has 0 spiro atoms. The number of nitrogens with zero attached hydrogens (tertiary/aromatic N) is 5. The van der Waals surface area contributed by atoms with Crippen molar-refractivity contribution in [1.82, 2.24) is 9.97 Å². The average molecular weight is 259 g/mol. The molecule has 1 fully saturated rings. The van der Waals surface area contributed by atoms with E-state index in [-0.39, 0.29) is 5.92 Å². The fourth-order valence-corrected chi connectivity index (χ4v) is 2.46. The lowest BCUT2D eigenvalue weighted by atomic mass is 10.00. The van der Waals surface area contributed by atoms with Crippen LogP contribution in [0.25, 0.3) is 0 Å². The highest BCUT2D eigenvalue weighted by atomic mass is 15.2. The number of nitriles is 1. The largest absolute Gasteiger partial charge is 0.360 e. The molecular weight excluding hydrogens is 238 g/mol. The van der Waals surface area contributed by atoms with E-state index >= 15 is 0 Å². The summed E-state index contributed by atoms with van der Waals surface area (Å²) in [5.74, 6) is 2.01. The molecule has 0 saturated carbocycles. The molecular formula is C14H21N5. The summed E-state index contributed by atoms with van der Waals surface area (Å²) >= 11 is 0. The summed E-state index contributed by atoms with van der Waals surface area (Å²) in [5.41, 5.74) is 0. The first kappa shape index (κ1) is 13.6. The second-order valence-electron chi connectivity index (χ2n) is 5.07. The van der Waals surface area contributed by atoms with E-state index in [9.17, 15) is 0 Å². The van der Waals surface area contributed by atoms with Crippen molar-refractivity contribution < 1.29 is 0 Å². The Kier molecular flexibility index (Phi) is 4.56. The van der Waals surface area contributed by atoms with Gasteiger partial charge in [-0.25, -0.2) is 9.97 Å². The van der Waals surface area contributed by atoms with Crippen LogP contribution in [0.5, 0.6) is 0 Å². The topological polar surface area (TPSA) is 56.0 Å². The number of anilines is 2. The summed E-state index contributed by atoms with van der Waals surface area (Å²) in [7, 11) is 2.05. The summed E-state index contributed by atoms with van der Waals surface area (Å²) in [5, 5.41) is 9.05. The molecule has 102 valence electrons. The number of piperidine rings is 1. The maximum Gasteiger partial charge on any atom is 0.134 e. The lowest BCUT2D eigenvalue weighted by Gasteiger charge is -2.31. The molecule has 1 atom stereocenters. The van der Waals surface area contributed by atoms with Crippen LogP contribution in [0.4, 0.5) is 11.6 Å². The van der Waals surface area contributed by atoms with Crippen LogP contribution in [-0.2, 0) is 0 Å².